The molecule has 2 N–H and O–H groups in total. The second kappa shape index (κ2) is 7.06. The van der Waals surface area contributed by atoms with Crippen molar-refractivity contribution in [3.05, 3.63) is 0 Å². The Balaban J connectivity index is 3.01. The summed E-state index contributed by atoms with van der Waals surface area (Å²) in [7, 11) is 0. The van der Waals surface area contributed by atoms with E-state index in [1.165, 1.54) is 4.90 Å². The predicted octanol–water partition coefficient (Wildman–Crippen LogP) is 1.33. The maximum absolute atomic E-state index is 12.2. The topological polar surface area (TPSA) is 86.7 Å². The van der Waals surface area contributed by atoms with Crippen LogP contribution in [0.3, 0.4) is 0 Å². The molecule has 1 rings (SSSR count). The van der Waals surface area contributed by atoms with Gasteiger partial charge in [-0.2, -0.15) is 0 Å². The van der Waals surface area contributed by atoms with Crippen molar-refractivity contribution in [1.29, 1.82) is 0 Å². The number of hydrogen-bond acceptors (Lipinski definition) is 3. The second-order valence-corrected chi connectivity index (χ2v) is 5.24. The smallest absolute Gasteiger partial charge is 0.316 e. The fourth-order valence-electron chi connectivity index (χ4n) is 2.62. The van der Waals surface area contributed by atoms with E-state index in [0.29, 0.717) is 12.8 Å². The highest BCUT2D eigenvalue weighted by molar-refractivity contribution is 14.1. The van der Waals surface area contributed by atoms with Crippen LogP contribution in [-0.2, 0) is 14.4 Å². The van der Waals surface area contributed by atoms with Gasteiger partial charge in [-0.15, -0.1) is 0 Å². The van der Waals surface area contributed by atoms with Gasteiger partial charge in [-0.05, 0) is 19.3 Å². The zero-order chi connectivity index (χ0) is 14.6. The molecule has 0 spiro atoms. The minimum absolute atomic E-state index is 0.155. The quantitative estimate of drug-likeness (QED) is 0.412. The molecule has 0 bridgehead atoms. The van der Waals surface area contributed by atoms with Crippen LogP contribution >= 0.6 is 22.9 Å². The molecule has 0 radical (unpaired) electrons. The number of nitrogens with one attached hydrogen (secondary N) is 1. The van der Waals surface area contributed by atoms with Gasteiger partial charge >= 0.3 is 5.97 Å². The summed E-state index contributed by atoms with van der Waals surface area (Å²) in [5, 5.41) is 9.09. The van der Waals surface area contributed by atoms with Crippen molar-refractivity contribution >= 4 is 40.6 Å². The molecule has 108 valence electrons. The van der Waals surface area contributed by atoms with Crippen molar-refractivity contribution in [3.63, 3.8) is 0 Å². The molecule has 1 heterocycles. The number of hydrogen-bond donors (Lipinski definition) is 2. The Kier molecular flexibility index (Phi) is 6.02. The molecule has 19 heavy (non-hydrogen) atoms. The van der Waals surface area contributed by atoms with Crippen molar-refractivity contribution in [2.24, 2.45) is 5.92 Å². The number of likely N-dealkylation sites (tertiary alicyclic amines) is 1. The molecule has 2 unspecified atom stereocenters. The van der Waals surface area contributed by atoms with Gasteiger partial charge in [0, 0.05) is 6.04 Å². The van der Waals surface area contributed by atoms with Gasteiger partial charge in [-0.3, -0.25) is 17.9 Å². The maximum Gasteiger partial charge on any atom is 0.316 e. The van der Waals surface area contributed by atoms with Crippen LogP contribution < -0.4 is 3.53 Å². The van der Waals surface area contributed by atoms with Gasteiger partial charge in [-0.25, -0.2) is 0 Å². The molecule has 6 nitrogen and oxygen atoms in total. The molecule has 1 fully saturated rings. The Morgan fingerprint density at radius 2 is 2.16 bits per heavy atom. The van der Waals surface area contributed by atoms with E-state index in [4.69, 9.17) is 5.11 Å². The van der Waals surface area contributed by atoms with Crippen molar-refractivity contribution in [1.82, 2.24) is 8.43 Å². The fourth-order valence-corrected chi connectivity index (χ4v) is 2.98. The van der Waals surface area contributed by atoms with Crippen LogP contribution in [0.1, 0.15) is 39.5 Å². The van der Waals surface area contributed by atoms with E-state index in [1.807, 2.05) is 13.8 Å². The molecule has 1 saturated heterocycles. The average molecular weight is 382 g/mol. The lowest BCUT2D eigenvalue weighted by atomic mass is 10.0. The van der Waals surface area contributed by atoms with E-state index >= 15 is 0 Å². The number of carboxylic acid groups (broad SMARTS) is 1. The van der Waals surface area contributed by atoms with Gasteiger partial charge < -0.3 is 10.0 Å². The first-order chi connectivity index (χ1) is 8.97. The summed E-state index contributed by atoms with van der Waals surface area (Å²) in [6.07, 6.45) is 2.35. The molecule has 1 aliphatic rings. The van der Waals surface area contributed by atoms with Crippen LogP contribution in [0, 0.1) is 5.92 Å². The van der Waals surface area contributed by atoms with E-state index in [2.05, 4.69) is 3.53 Å². The molecule has 2 amide bonds. The Hall–Kier alpha value is -0.860. The van der Waals surface area contributed by atoms with Crippen molar-refractivity contribution < 1.29 is 19.5 Å². The lowest BCUT2D eigenvalue weighted by Gasteiger charge is -2.31. The summed E-state index contributed by atoms with van der Waals surface area (Å²) >= 11 is 1.74. The van der Waals surface area contributed by atoms with Crippen LogP contribution in [0.15, 0.2) is 0 Å². The van der Waals surface area contributed by atoms with Crippen LogP contribution in [0.4, 0.5) is 0 Å². The zero-order valence-corrected chi connectivity index (χ0v) is 13.2. The normalized spacial score (nSPS) is 24.4. The first-order valence-corrected chi connectivity index (χ1v) is 7.51. The van der Waals surface area contributed by atoms with Gasteiger partial charge in [0.2, 0.25) is 5.91 Å². The van der Waals surface area contributed by atoms with Gasteiger partial charge in [0.15, 0.2) is 0 Å². The van der Waals surface area contributed by atoms with Crippen molar-refractivity contribution in [2.75, 3.05) is 0 Å². The zero-order valence-electron chi connectivity index (χ0n) is 11.1. The van der Waals surface area contributed by atoms with Crippen LogP contribution in [0.25, 0.3) is 0 Å². The molecule has 0 aromatic rings. The summed E-state index contributed by atoms with van der Waals surface area (Å²) in [6.45, 7) is 3.80. The first-order valence-electron chi connectivity index (χ1n) is 6.43. The summed E-state index contributed by atoms with van der Waals surface area (Å²) in [5.74, 6) is -2.78. The number of aliphatic carboxylic acids is 1. The number of amides is 2. The molecule has 0 aromatic heterocycles. The predicted molar refractivity (Wildman–Crippen MR) is 77.5 cm³/mol. The lowest BCUT2D eigenvalue weighted by Crippen LogP contribution is -2.49. The van der Waals surface area contributed by atoms with Crippen molar-refractivity contribution in [2.45, 2.75) is 51.6 Å². The number of carbonyl (C=O) groups is 3. The van der Waals surface area contributed by atoms with E-state index in [1.54, 1.807) is 22.9 Å². The maximum atomic E-state index is 12.2. The second-order valence-electron chi connectivity index (χ2n) is 4.70. The Bertz CT molecular complexity index is 375. The Labute approximate surface area is 126 Å². The third-order valence-electron chi connectivity index (χ3n) is 3.49. The molecular weight excluding hydrogens is 363 g/mol. The average Bonchev–Trinajstić information content (AvgIpc) is 2.69. The monoisotopic (exact) mass is 382 g/mol. The minimum Gasteiger partial charge on any atom is -0.481 e. The number of carbonyl (C=O) groups excluding carboxylic acids is 2. The SMILES string of the molecule is CCCC1CC(C(=O)O)C(=O)N1[C@@H](CC)C(=O)NI. The van der Waals surface area contributed by atoms with Crippen LogP contribution in [-0.4, -0.2) is 39.9 Å². The highest BCUT2D eigenvalue weighted by Crippen LogP contribution is 2.31. The minimum atomic E-state index is -1.10. The number of nitrogens with zero attached hydrogens (tertiary/aromatic N) is 1. The van der Waals surface area contributed by atoms with Gasteiger partial charge in [-0.1, -0.05) is 20.3 Å². The Morgan fingerprint density at radius 1 is 1.53 bits per heavy atom. The standard InChI is InChI=1S/C12H19IN2O4/c1-3-5-7-6-8(12(18)19)11(17)15(7)9(4-2)10(16)14-13/h7-9H,3-6H2,1-2H3,(H,14,16)(H,18,19)/t7?,8?,9-/m0/s1. The summed E-state index contributed by atoms with van der Waals surface area (Å²) in [5.41, 5.74) is 0. The van der Waals surface area contributed by atoms with E-state index in [0.717, 1.165) is 12.8 Å². The molecular formula is C12H19IN2O4. The van der Waals surface area contributed by atoms with Crippen LogP contribution in [0.2, 0.25) is 0 Å². The molecule has 7 heteroatoms. The third-order valence-corrected chi connectivity index (χ3v) is 4.02. The highest BCUT2D eigenvalue weighted by atomic mass is 127. The molecule has 1 aliphatic heterocycles. The fraction of sp³-hybridized carbons (Fsp3) is 0.750. The number of rotatable bonds is 6. The molecule has 0 aliphatic carbocycles. The summed E-state index contributed by atoms with van der Waals surface area (Å²) in [4.78, 5) is 36.6. The number of halogens is 1. The van der Waals surface area contributed by atoms with Gasteiger partial charge in [0.1, 0.15) is 12.0 Å². The van der Waals surface area contributed by atoms with E-state index in [-0.39, 0.29) is 11.9 Å². The van der Waals surface area contributed by atoms with Crippen LogP contribution in [0.5, 0.6) is 0 Å². The van der Waals surface area contributed by atoms with E-state index < -0.39 is 23.8 Å². The lowest BCUT2D eigenvalue weighted by molar-refractivity contribution is -0.150. The summed E-state index contributed by atoms with van der Waals surface area (Å²) < 4.78 is 2.51. The third kappa shape index (κ3) is 3.37. The van der Waals surface area contributed by atoms with Gasteiger partial charge in [0.25, 0.3) is 5.91 Å². The van der Waals surface area contributed by atoms with Crippen molar-refractivity contribution in [3.8, 4) is 0 Å². The van der Waals surface area contributed by atoms with Gasteiger partial charge in [0.05, 0.1) is 22.9 Å². The number of carboxylic acids is 1. The Morgan fingerprint density at radius 3 is 2.58 bits per heavy atom. The largest absolute Gasteiger partial charge is 0.481 e. The highest BCUT2D eigenvalue weighted by Gasteiger charge is 2.47. The molecule has 0 saturated carbocycles. The first kappa shape index (κ1) is 16.2. The molecule has 3 atom stereocenters. The summed E-state index contributed by atoms with van der Waals surface area (Å²) in [6, 6.07) is -0.734. The molecule has 0 aromatic carbocycles. The van der Waals surface area contributed by atoms with E-state index in [9.17, 15) is 14.4 Å².